The molecule has 28 heavy (non-hydrogen) atoms. The monoisotopic (exact) mass is 424 g/mol. The van der Waals surface area contributed by atoms with Crippen LogP contribution >= 0.6 is 11.8 Å². The summed E-state index contributed by atoms with van der Waals surface area (Å²) in [6.07, 6.45) is 1.01. The van der Waals surface area contributed by atoms with Gasteiger partial charge in [0.2, 0.25) is 15.9 Å². The van der Waals surface area contributed by atoms with Crippen LogP contribution in [-0.2, 0) is 27.1 Å². The summed E-state index contributed by atoms with van der Waals surface area (Å²) in [6.45, 7) is 1.98. The number of benzene rings is 2. The summed E-state index contributed by atoms with van der Waals surface area (Å²) in [5.74, 6) is 0.666. The minimum absolute atomic E-state index is 0.180. The van der Waals surface area contributed by atoms with Crippen LogP contribution in [0.3, 0.4) is 0 Å². The van der Waals surface area contributed by atoms with E-state index in [1.807, 2.05) is 12.1 Å². The summed E-state index contributed by atoms with van der Waals surface area (Å²) in [5, 5.41) is 2.73. The number of carbonyl (C=O) groups is 1. The molecule has 152 valence electrons. The smallest absolute Gasteiger partial charge is 0.235 e. The summed E-state index contributed by atoms with van der Waals surface area (Å²) in [5.41, 5.74) is 2.72. The molecule has 0 radical (unpaired) electrons. The van der Waals surface area contributed by atoms with E-state index in [4.69, 9.17) is 0 Å². The van der Waals surface area contributed by atoms with Crippen molar-refractivity contribution in [2.45, 2.75) is 19.2 Å². The molecule has 8 heteroatoms. The Bertz CT molecular complexity index is 904. The second-order valence-electron chi connectivity index (χ2n) is 6.45. The van der Waals surface area contributed by atoms with Crippen molar-refractivity contribution in [3.63, 3.8) is 0 Å². The molecular weight excluding hydrogens is 399 g/mol. The van der Waals surface area contributed by atoms with Crippen LogP contribution in [0.2, 0.25) is 0 Å². The Balaban J connectivity index is 1.80. The highest BCUT2D eigenvalue weighted by Crippen LogP contribution is 2.15. The number of aryl methyl sites for hydroxylation is 1. The van der Waals surface area contributed by atoms with E-state index in [9.17, 15) is 17.6 Å². The Hall–Kier alpha value is -1.90. The molecule has 0 saturated carbocycles. The quantitative estimate of drug-likeness (QED) is 0.596. The van der Waals surface area contributed by atoms with Crippen LogP contribution in [0.4, 0.5) is 4.39 Å². The number of halogens is 1. The van der Waals surface area contributed by atoms with Crippen LogP contribution in [0, 0.1) is 12.7 Å². The number of hydrogen-bond donors (Lipinski definition) is 1. The van der Waals surface area contributed by atoms with Gasteiger partial charge >= 0.3 is 0 Å². The predicted octanol–water partition coefficient (Wildman–Crippen LogP) is 2.95. The zero-order valence-electron chi connectivity index (χ0n) is 16.0. The lowest BCUT2D eigenvalue weighted by Crippen LogP contribution is -2.40. The van der Waals surface area contributed by atoms with Gasteiger partial charge in [0.1, 0.15) is 5.82 Å². The predicted molar refractivity (Wildman–Crippen MR) is 112 cm³/mol. The molecule has 1 amide bonds. The standard InChI is InChI=1S/C20H25FN2O3S2/c1-16-7-3-4-9-18(16)15-27-12-11-22-20(24)14-23(28(2,25)26)13-17-8-5-6-10-19(17)21/h3-10H,11-15H2,1-2H3,(H,22,24). The second kappa shape index (κ2) is 10.6. The SMILES string of the molecule is Cc1ccccc1CSCCNC(=O)CN(Cc1ccccc1F)S(C)(=O)=O. The minimum Gasteiger partial charge on any atom is -0.354 e. The molecule has 0 saturated heterocycles. The van der Waals surface area contributed by atoms with Gasteiger partial charge in [-0.25, -0.2) is 12.8 Å². The maximum absolute atomic E-state index is 13.8. The van der Waals surface area contributed by atoms with Crippen LogP contribution in [0.5, 0.6) is 0 Å². The third-order valence-electron chi connectivity index (χ3n) is 4.18. The Morgan fingerprint density at radius 2 is 1.75 bits per heavy atom. The highest BCUT2D eigenvalue weighted by molar-refractivity contribution is 7.98. The number of amides is 1. The number of nitrogens with zero attached hydrogens (tertiary/aromatic N) is 1. The molecular formula is C20H25FN2O3S2. The van der Waals surface area contributed by atoms with E-state index in [1.54, 1.807) is 17.8 Å². The molecule has 0 atom stereocenters. The number of rotatable bonds is 10. The molecule has 0 aliphatic heterocycles. The molecule has 2 rings (SSSR count). The first-order valence-electron chi connectivity index (χ1n) is 8.85. The second-order valence-corrected chi connectivity index (χ2v) is 9.54. The van der Waals surface area contributed by atoms with Gasteiger partial charge in [0.25, 0.3) is 0 Å². The maximum Gasteiger partial charge on any atom is 0.235 e. The first-order valence-corrected chi connectivity index (χ1v) is 11.8. The fraction of sp³-hybridized carbons (Fsp3) is 0.350. The highest BCUT2D eigenvalue weighted by Gasteiger charge is 2.21. The van der Waals surface area contributed by atoms with Gasteiger partial charge in [0.05, 0.1) is 12.8 Å². The van der Waals surface area contributed by atoms with Crippen LogP contribution < -0.4 is 5.32 Å². The lowest BCUT2D eigenvalue weighted by Gasteiger charge is -2.20. The number of hydrogen-bond acceptors (Lipinski definition) is 4. The van der Waals surface area contributed by atoms with E-state index in [0.717, 1.165) is 16.3 Å². The molecule has 0 unspecified atom stereocenters. The largest absolute Gasteiger partial charge is 0.354 e. The summed E-state index contributed by atoms with van der Waals surface area (Å²) in [4.78, 5) is 12.1. The van der Waals surface area contributed by atoms with E-state index < -0.39 is 21.7 Å². The summed E-state index contributed by atoms with van der Waals surface area (Å²) in [7, 11) is -3.65. The summed E-state index contributed by atoms with van der Waals surface area (Å²) < 4.78 is 38.7. The number of thioether (sulfide) groups is 1. The molecule has 0 heterocycles. The Kier molecular flexibility index (Phi) is 8.47. The fourth-order valence-corrected chi connectivity index (χ4v) is 4.20. The van der Waals surface area contributed by atoms with Gasteiger partial charge in [-0.1, -0.05) is 42.5 Å². The molecule has 1 N–H and O–H groups in total. The minimum atomic E-state index is -3.65. The molecule has 2 aromatic carbocycles. The van der Waals surface area contributed by atoms with Gasteiger partial charge < -0.3 is 5.32 Å². The van der Waals surface area contributed by atoms with Crippen molar-refractivity contribution in [3.05, 3.63) is 71.0 Å². The molecule has 0 bridgehead atoms. The lowest BCUT2D eigenvalue weighted by atomic mass is 10.1. The van der Waals surface area contributed by atoms with Crippen molar-refractivity contribution < 1.29 is 17.6 Å². The number of carbonyl (C=O) groups excluding carboxylic acids is 1. The van der Waals surface area contributed by atoms with Crippen molar-refractivity contribution in [2.24, 2.45) is 0 Å². The van der Waals surface area contributed by atoms with Crippen molar-refractivity contribution in [3.8, 4) is 0 Å². The maximum atomic E-state index is 13.8. The average molecular weight is 425 g/mol. The first kappa shape index (κ1) is 22.4. The lowest BCUT2D eigenvalue weighted by molar-refractivity contribution is -0.121. The Morgan fingerprint density at radius 1 is 1.11 bits per heavy atom. The van der Waals surface area contributed by atoms with Crippen molar-refractivity contribution >= 4 is 27.7 Å². The topological polar surface area (TPSA) is 66.5 Å². The third kappa shape index (κ3) is 7.26. The molecule has 5 nitrogen and oxygen atoms in total. The van der Waals surface area contributed by atoms with E-state index in [2.05, 4.69) is 24.4 Å². The van der Waals surface area contributed by atoms with E-state index in [1.165, 1.54) is 29.3 Å². The average Bonchev–Trinajstić information content (AvgIpc) is 2.63. The van der Waals surface area contributed by atoms with E-state index in [-0.39, 0.29) is 18.7 Å². The zero-order valence-corrected chi connectivity index (χ0v) is 17.7. The fourth-order valence-electron chi connectivity index (χ4n) is 2.54. The van der Waals surface area contributed by atoms with Crippen LogP contribution in [-0.4, -0.2) is 43.7 Å². The Morgan fingerprint density at radius 3 is 2.39 bits per heavy atom. The van der Waals surface area contributed by atoms with Crippen LogP contribution in [0.1, 0.15) is 16.7 Å². The van der Waals surface area contributed by atoms with Gasteiger partial charge in [0.15, 0.2) is 0 Å². The van der Waals surface area contributed by atoms with Gasteiger partial charge in [-0.2, -0.15) is 16.1 Å². The molecule has 0 aliphatic carbocycles. The summed E-state index contributed by atoms with van der Waals surface area (Å²) >= 11 is 1.70. The molecule has 0 aromatic heterocycles. The van der Waals surface area contributed by atoms with Crippen LogP contribution in [0.15, 0.2) is 48.5 Å². The molecule has 2 aromatic rings. The van der Waals surface area contributed by atoms with Crippen LogP contribution in [0.25, 0.3) is 0 Å². The Labute approximate surface area is 170 Å². The van der Waals surface area contributed by atoms with Crippen molar-refractivity contribution in [1.82, 2.24) is 9.62 Å². The summed E-state index contributed by atoms with van der Waals surface area (Å²) in [6, 6.07) is 14.1. The first-order chi connectivity index (χ1) is 13.3. The van der Waals surface area contributed by atoms with Crippen molar-refractivity contribution in [2.75, 3.05) is 25.1 Å². The third-order valence-corrected chi connectivity index (χ3v) is 6.39. The molecule has 0 fully saturated rings. The van der Waals surface area contributed by atoms with Gasteiger partial charge in [-0.3, -0.25) is 4.79 Å². The number of sulfonamides is 1. The van der Waals surface area contributed by atoms with Gasteiger partial charge in [-0.05, 0) is 24.1 Å². The molecule has 0 aliphatic rings. The highest BCUT2D eigenvalue weighted by atomic mass is 32.2. The molecule has 0 spiro atoms. The van der Waals surface area contributed by atoms with Gasteiger partial charge in [-0.15, -0.1) is 0 Å². The van der Waals surface area contributed by atoms with Gasteiger partial charge in [0, 0.05) is 30.2 Å². The van der Waals surface area contributed by atoms with Crippen molar-refractivity contribution in [1.29, 1.82) is 0 Å². The van der Waals surface area contributed by atoms with E-state index >= 15 is 0 Å². The number of nitrogens with one attached hydrogen (secondary N) is 1. The van der Waals surface area contributed by atoms with E-state index in [0.29, 0.717) is 12.3 Å². The zero-order chi connectivity index (χ0) is 20.6. The normalized spacial score (nSPS) is 11.6.